The summed E-state index contributed by atoms with van der Waals surface area (Å²) in [6, 6.07) is 0.414. The van der Waals surface area contributed by atoms with Crippen LogP contribution in [0.2, 0.25) is 0 Å². The van der Waals surface area contributed by atoms with Crippen molar-refractivity contribution in [3.05, 3.63) is 58.6 Å². The minimum atomic E-state index is -2.93. The third-order valence-electron chi connectivity index (χ3n) is 8.56. The van der Waals surface area contributed by atoms with Crippen LogP contribution in [0.1, 0.15) is 59.8 Å². The molecule has 2 fully saturated rings. The number of hydrogen-bond acceptors (Lipinski definition) is 10. The minimum absolute atomic E-state index is 0.0394. The van der Waals surface area contributed by atoms with Gasteiger partial charge < -0.3 is 24.8 Å². The molecular formula is C29H34F5N5O5S. The topological polar surface area (TPSA) is 136 Å². The van der Waals surface area contributed by atoms with Crippen LogP contribution < -0.4 is 0 Å². The first-order chi connectivity index (χ1) is 21.2. The maximum Gasteiger partial charge on any atom is 0.248 e. The van der Waals surface area contributed by atoms with E-state index in [1.807, 2.05) is 0 Å². The summed E-state index contributed by atoms with van der Waals surface area (Å²) in [4.78, 5) is 9.24. The van der Waals surface area contributed by atoms with Gasteiger partial charge in [-0.25, -0.2) is 26.6 Å². The summed E-state index contributed by atoms with van der Waals surface area (Å²) in [7, 11) is 1.34. The molecule has 1 aliphatic heterocycles. The molecule has 246 valence electrons. The van der Waals surface area contributed by atoms with E-state index in [1.54, 1.807) is 20.8 Å². The summed E-state index contributed by atoms with van der Waals surface area (Å²) >= 11 is 1.04. The van der Waals surface area contributed by atoms with Gasteiger partial charge in [0.25, 0.3) is 0 Å². The lowest BCUT2D eigenvalue weighted by Gasteiger charge is -2.47. The molecular weight excluding hydrogens is 625 g/mol. The Hall–Kier alpha value is -2.76. The van der Waals surface area contributed by atoms with Crippen LogP contribution >= 0.6 is 11.8 Å². The van der Waals surface area contributed by atoms with Gasteiger partial charge in [0.05, 0.1) is 46.4 Å². The van der Waals surface area contributed by atoms with Crippen LogP contribution in [0.4, 0.5) is 22.0 Å². The number of nitrogens with zero attached hydrogens (tertiary/aromatic N) is 5. The third-order valence-corrected chi connectivity index (χ3v) is 10.1. The summed E-state index contributed by atoms with van der Waals surface area (Å²) < 4.78 is 82.9. The molecule has 2 aromatic heterocycles. The molecule has 16 heteroatoms. The normalized spacial score (nSPS) is 27.0. The minimum Gasteiger partial charge on any atom is -0.394 e. The van der Waals surface area contributed by atoms with Gasteiger partial charge in [0.1, 0.15) is 35.5 Å². The van der Waals surface area contributed by atoms with E-state index in [9.17, 15) is 37.3 Å². The Morgan fingerprint density at radius 3 is 2.27 bits per heavy atom. The standard InChI is InChI=1S/C29H34F5N5O5S/c1-13-14(2)36-22(15(3)35-13)26(28(42)5-7-29(33,34)8-6-28)45-27-25(43-4)23(24(41)20(12-40)44-27)39-11-19(37-38-39)16-9-17(30)21(32)18(31)10-16/h9-11,20,23-27,40-42H,5-8,12H2,1-4H3/t20-,23+,24+,25-,26+,27+/m1/s1. The zero-order chi connectivity index (χ0) is 32.8. The average Bonchev–Trinajstić information content (AvgIpc) is 3.48. The first-order valence-corrected chi connectivity index (χ1v) is 15.2. The molecule has 0 amide bonds. The zero-order valence-electron chi connectivity index (χ0n) is 24.9. The third kappa shape index (κ3) is 6.58. The molecule has 1 aromatic carbocycles. The van der Waals surface area contributed by atoms with Crippen LogP contribution in [0, 0.1) is 38.2 Å². The van der Waals surface area contributed by atoms with Gasteiger partial charge in [-0.1, -0.05) is 5.21 Å². The molecule has 1 saturated heterocycles. The molecule has 3 N–H and O–H groups in total. The van der Waals surface area contributed by atoms with Gasteiger partial charge >= 0.3 is 0 Å². The number of aliphatic hydroxyl groups is 3. The van der Waals surface area contributed by atoms with Crippen LogP contribution in [0.15, 0.2) is 18.3 Å². The highest BCUT2D eigenvalue weighted by molar-refractivity contribution is 8.00. The van der Waals surface area contributed by atoms with E-state index in [2.05, 4.69) is 15.3 Å². The van der Waals surface area contributed by atoms with Gasteiger partial charge in [-0.05, 0) is 45.7 Å². The van der Waals surface area contributed by atoms with Crippen LogP contribution in [-0.4, -0.2) is 89.3 Å². The molecule has 0 unspecified atom stereocenters. The largest absolute Gasteiger partial charge is 0.394 e. The molecule has 0 bridgehead atoms. The lowest BCUT2D eigenvalue weighted by atomic mass is 9.79. The van der Waals surface area contributed by atoms with Crippen LogP contribution in [0.3, 0.4) is 0 Å². The van der Waals surface area contributed by atoms with E-state index in [0.717, 1.165) is 23.9 Å². The van der Waals surface area contributed by atoms with Crippen molar-refractivity contribution in [3.63, 3.8) is 0 Å². The Morgan fingerprint density at radius 2 is 1.67 bits per heavy atom. The van der Waals surface area contributed by atoms with Crippen molar-refractivity contribution in [1.29, 1.82) is 0 Å². The summed E-state index contributed by atoms with van der Waals surface area (Å²) in [6.45, 7) is 4.60. The van der Waals surface area contributed by atoms with Crippen molar-refractivity contribution in [1.82, 2.24) is 25.0 Å². The number of aryl methyl sites for hydroxylation is 3. The highest BCUT2D eigenvalue weighted by Crippen LogP contribution is 2.53. The average molecular weight is 660 g/mol. The van der Waals surface area contributed by atoms with E-state index in [1.165, 1.54) is 18.0 Å². The number of ether oxygens (including phenoxy) is 2. The number of methoxy groups -OCH3 is 1. The summed E-state index contributed by atoms with van der Waals surface area (Å²) in [5.41, 5.74) is -0.718. The molecule has 3 heterocycles. The van der Waals surface area contributed by atoms with E-state index >= 15 is 0 Å². The number of aromatic nitrogens is 5. The summed E-state index contributed by atoms with van der Waals surface area (Å²) in [6.07, 6.45) is -3.92. The fourth-order valence-electron chi connectivity index (χ4n) is 5.85. The molecule has 3 aromatic rings. The van der Waals surface area contributed by atoms with Gasteiger partial charge in [-0.2, -0.15) is 0 Å². The molecule has 0 radical (unpaired) electrons. The van der Waals surface area contributed by atoms with E-state index < -0.39 is 83.5 Å². The zero-order valence-corrected chi connectivity index (χ0v) is 25.7. The first kappa shape index (κ1) is 33.6. The van der Waals surface area contributed by atoms with Gasteiger partial charge in [-0.15, -0.1) is 16.9 Å². The van der Waals surface area contributed by atoms with Crippen LogP contribution in [0.5, 0.6) is 0 Å². The quantitative estimate of drug-likeness (QED) is 0.239. The summed E-state index contributed by atoms with van der Waals surface area (Å²) in [5.74, 6) is -7.42. The molecule has 1 saturated carbocycles. The van der Waals surface area contributed by atoms with Crippen molar-refractivity contribution >= 4 is 11.8 Å². The predicted octanol–water partition coefficient (Wildman–Crippen LogP) is 4.13. The Kier molecular flexibility index (Phi) is 9.55. The first-order valence-electron chi connectivity index (χ1n) is 14.3. The Morgan fingerprint density at radius 1 is 1.04 bits per heavy atom. The number of alkyl halides is 2. The number of hydrogen-bond donors (Lipinski definition) is 3. The number of thioether (sulfide) groups is 1. The van der Waals surface area contributed by atoms with E-state index in [4.69, 9.17) is 14.5 Å². The van der Waals surface area contributed by atoms with Crippen molar-refractivity contribution in [2.75, 3.05) is 13.7 Å². The van der Waals surface area contributed by atoms with Crippen LogP contribution in [0.25, 0.3) is 11.3 Å². The van der Waals surface area contributed by atoms with Gasteiger partial charge in [0.15, 0.2) is 17.5 Å². The number of rotatable bonds is 8. The molecule has 5 rings (SSSR count). The van der Waals surface area contributed by atoms with Crippen molar-refractivity contribution in [3.8, 4) is 11.3 Å². The lowest BCUT2D eigenvalue weighted by molar-refractivity contribution is -0.186. The second-order valence-corrected chi connectivity index (χ2v) is 12.8. The molecule has 6 atom stereocenters. The van der Waals surface area contributed by atoms with E-state index in [0.29, 0.717) is 22.8 Å². The Balaban J connectivity index is 1.53. The molecule has 1 aliphatic carbocycles. The highest BCUT2D eigenvalue weighted by atomic mass is 32.2. The van der Waals surface area contributed by atoms with Crippen molar-refractivity contribution in [2.24, 2.45) is 0 Å². The monoisotopic (exact) mass is 659 g/mol. The maximum atomic E-state index is 14.2. The second-order valence-electron chi connectivity index (χ2n) is 11.6. The van der Waals surface area contributed by atoms with E-state index in [-0.39, 0.29) is 24.1 Å². The number of aliphatic hydroxyl groups excluding tert-OH is 2. The van der Waals surface area contributed by atoms with Gasteiger partial charge in [0.2, 0.25) is 5.92 Å². The molecule has 2 aliphatic rings. The molecule has 10 nitrogen and oxygen atoms in total. The number of halogens is 5. The SMILES string of the molecule is CO[C@@H]1[C@@H](n2cc(-c3cc(F)c(F)c(F)c3)nn2)[C@@H](O)[C@@H](CO)O[C@H]1S[C@@H](c1nc(C)c(C)nc1C)C1(O)CCC(F)(F)CC1. The maximum absolute atomic E-state index is 14.2. The number of benzene rings is 1. The van der Waals surface area contributed by atoms with Crippen molar-refractivity contribution in [2.45, 2.75) is 93.0 Å². The molecule has 45 heavy (non-hydrogen) atoms. The highest BCUT2D eigenvalue weighted by Gasteiger charge is 2.53. The van der Waals surface area contributed by atoms with Gasteiger partial charge in [-0.3, -0.25) is 9.97 Å². The molecule has 0 spiro atoms. The Labute approximate surface area is 260 Å². The second kappa shape index (κ2) is 12.8. The Bertz CT molecular complexity index is 1510. The fourth-order valence-corrected chi connectivity index (χ4v) is 7.60. The van der Waals surface area contributed by atoms with Crippen LogP contribution in [-0.2, 0) is 9.47 Å². The smallest absolute Gasteiger partial charge is 0.248 e. The summed E-state index contributed by atoms with van der Waals surface area (Å²) in [5, 5.41) is 40.3. The van der Waals surface area contributed by atoms with Gasteiger partial charge in [0, 0.05) is 25.5 Å². The lowest BCUT2D eigenvalue weighted by Crippen LogP contribution is -2.56. The predicted molar refractivity (Wildman–Crippen MR) is 152 cm³/mol. The van der Waals surface area contributed by atoms with Crippen molar-refractivity contribution < 1.29 is 46.7 Å². The fraction of sp³-hybridized carbons (Fsp3) is 0.586.